The number of carbonyl (C=O) groups is 1. The van der Waals surface area contributed by atoms with Gasteiger partial charge in [0.2, 0.25) is 6.79 Å². The van der Waals surface area contributed by atoms with Gasteiger partial charge < -0.3 is 19.4 Å². The summed E-state index contributed by atoms with van der Waals surface area (Å²) in [7, 11) is 1.79. The van der Waals surface area contributed by atoms with Crippen LogP contribution in [-0.4, -0.2) is 17.3 Å². The van der Waals surface area contributed by atoms with Gasteiger partial charge in [0.25, 0.3) is 5.91 Å². The smallest absolute Gasteiger partial charge is 0.272 e. The van der Waals surface area contributed by atoms with Crippen LogP contribution in [0.4, 0.5) is 5.69 Å². The average Bonchev–Trinajstić information content (AvgIpc) is 2.95. The van der Waals surface area contributed by atoms with Crippen LogP contribution >= 0.6 is 27.5 Å². The van der Waals surface area contributed by atoms with Gasteiger partial charge in [0.05, 0.1) is 10.7 Å². The van der Waals surface area contributed by atoms with E-state index in [0.717, 1.165) is 4.47 Å². The molecule has 0 aliphatic carbocycles. The molecule has 1 aromatic carbocycles. The highest BCUT2D eigenvalue weighted by Crippen LogP contribution is 2.39. The molecule has 7 heteroatoms. The lowest BCUT2D eigenvalue weighted by molar-refractivity contribution is 0.101. The largest absolute Gasteiger partial charge is 0.454 e. The van der Waals surface area contributed by atoms with E-state index < -0.39 is 0 Å². The molecule has 0 saturated carbocycles. The van der Waals surface area contributed by atoms with E-state index in [9.17, 15) is 4.79 Å². The first kappa shape index (κ1) is 13.3. The van der Waals surface area contributed by atoms with Crippen molar-refractivity contribution in [3.8, 4) is 11.5 Å². The Balaban J connectivity index is 1.88. The molecule has 3 rings (SSSR count). The number of halogens is 2. The van der Waals surface area contributed by atoms with Crippen molar-refractivity contribution < 1.29 is 14.3 Å². The second-order valence-electron chi connectivity index (χ2n) is 4.29. The van der Waals surface area contributed by atoms with Gasteiger partial charge in [0.15, 0.2) is 11.5 Å². The molecule has 0 radical (unpaired) electrons. The lowest BCUT2D eigenvalue weighted by atomic mass is 10.2. The summed E-state index contributed by atoms with van der Waals surface area (Å²) >= 11 is 9.45. The molecule has 5 nitrogen and oxygen atoms in total. The zero-order valence-corrected chi connectivity index (χ0v) is 12.8. The van der Waals surface area contributed by atoms with E-state index in [2.05, 4.69) is 21.2 Å². The van der Waals surface area contributed by atoms with Gasteiger partial charge in [-0.15, -0.1) is 0 Å². The van der Waals surface area contributed by atoms with Gasteiger partial charge >= 0.3 is 0 Å². The van der Waals surface area contributed by atoms with Gasteiger partial charge in [0.1, 0.15) is 5.69 Å². The summed E-state index contributed by atoms with van der Waals surface area (Å²) in [5.74, 6) is 0.895. The highest BCUT2D eigenvalue weighted by atomic mass is 79.9. The summed E-state index contributed by atoms with van der Waals surface area (Å²) in [6, 6.07) is 5.01. The third-order valence-electron chi connectivity index (χ3n) is 2.91. The van der Waals surface area contributed by atoms with E-state index in [1.54, 1.807) is 36.0 Å². The number of aromatic nitrogens is 1. The molecule has 1 aliphatic heterocycles. The van der Waals surface area contributed by atoms with Crippen molar-refractivity contribution in [1.82, 2.24) is 4.57 Å². The Kier molecular flexibility index (Phi) is 3.35. The molecule has 0 saturated heterocycles. The predicted molar refractivity (Wildman–Crippen MR) is 78.6 cm³/mol. The van der Waals surface area contributed by atoms with E-state index in [1.807, 2.05) is 0 Å². The molecule has 104 valence electrons. The second kappa shape index (κ2) is 5.03. The third kappa shape index (κ3) is 2.36. The molecular formula is C13H10BrClN2O3. The number of carbonyl (C=O) groups excluding carboxylic acids is 1. The maximum atomic E-state index is 12.2. The molecule has 1 N–H and O–H groups in total. The van der Waals surface area contributed by atoms with Gasteiger partial charge in [-0.25, -0.2) is 0 Å². The van der Waals surface area contributed by atoms with E-state index in [4.69, 9.17) is 21.1 Å². The van der Waals surface area contributed by atoms with Gasteiger partial charge in [-0.3, -0.25) is 4.79 Å². The number of amides is 1. The number of ether oxygens (including phenoxy) is 2. The zero-order valence-electron chi connectivity index (χ0n) is 10.4. The normalized spacial score (nSPS) is 12.6. The fraction of sp³-hybridized carbons (Fsp3) is 0.154. The predicted octanol–water partition coefficient (Wildman–Crippen LogP) is 3.42. The topological polar surface area (TPSA) is 52.5 Å². The molecule has 0 bridgehead atoms. The molecule has 20 heavy (non-hydrogen) atoms. The molecule has 1 amide bonds. The Morgan fingerprint density at radius 1 is 1.35 bits per heavy atom. The Morgan fingerprint density at radius 2 is 2.05 bits per heavy atom. The Hall–Kier alpha value is -1.66. The zero-order chi connectivity index (χ0) is 14.3. The molecule has 2 heterocycles. The summed E-state index contributed by atoms with van der Waals surface area (Å²) < 4.78 is 13.0. The van der Waals surface area contributed by atoms with Crippen molar-refractivity contribution in [3.63, 3.8) is 0 Å². The van der Waals surface area contributed by atoms with Crippen LogP contribution in [0.1, 0.15) is 10.5 Å². The van der Waals surface area contributed by atoms with Gasteiger partial charge in [-0.1, -0.05) is 11.6 Å². The summed E-state index contributed by atoms with van der Waals surface area (Å²) in [4.78, 5) is 12.2. The first-order valence-electron chi connectivity index (χ1n) is 5.77. The van der Waals surface area contributed by atoms with E-state index >= 15 is 0 Å². The van der Waals surface area contributed by atoms with Crippen molar-refractivity contribution in [2.45, 2.75) is 0 Å². The molecule has 1 aromatic heterocycles. The summed E-state index contributed by atoms with van der Waals surface area (Å²) in [5, 5.41) is 3.16. The monoisotopic (exact) mass is 356 g/mol. The third-order valence-corrected chi connectivity index (χ3v) is 3.66. The number of rotatable bonds is 2. The van der Waals surface area contributed by atoms with Crippen LogP contribution in [0.25, 0.3) is 0 Å². The van der Waals surface area contributed by atoms with Crippen molar-refractivity contribution in [2.24, 2.45) is 7.05 Å². The lowest BCUT2D eigenvalue weighted by Gasteiger charge is -2.09. The van der Waals surface area contributed by atoms with Crippen molar-refractivity contribution in [1.29, 1.82) is 0 Å². The maximum absolute atomic E-state index is 12.2. The van der Waals surface area contributed by atoms with Crippen LogP contribution in [0.15, 0.2) is 28.9 Å². The summed E-state index contributed by atoms with van der Waals surface area (Å²) in [6.07, 6.45) is 1.80. The highest BCUT2D eigenvalue weighted by Gasteiger charge is 2.19. The molecule has 1 aliphatic rings. The Labute approximate surface area is 128 Å². The number of nitrogens with zero attached hydrogens (tertiary/aromatic N) is 1. The molecule has 0 atom stereocenters. The van der Waals surface area contributed by atoms with E-state index in [-0.39, 0.29) is 12.7 Å². The minimum atomic E-state index is -0.251. The molecule has 0 fully saturated rings. The first-order valence-corrected chi connectivity index (χ1v) is 6.94. The Bertz CT molecular complexity index is 699. The molecule has 2 aromatic rings. The van der Waals surface area contributed by atoms with Crippen LogP contribution in [-0.2, 0) is 7.05 Å². The standard InChI is InChI=1S/C13H10BrClN2O3/c1-17-5-7(14)2-10(17)13(18)16-9-4-12-11(3-8(9)15)19-6-20-12/h2-5H,6H2,1H3,(H,16,18). The lowest BCUT2D eigenvalue weighted by Crippen LogP contribution is -2.15. The van der Waals surface area contributed by atoms with Crippen molar-refractivity contribution in [2.75, 3.05) is 12.1 Å². The number of hydrogen-bond donors (Lipinski definition) is 1. The number of aryl methyl sites for hydroxylation is 1. The fourth-order valence-corrected chi connectivity index (χ4v) is 2.67. The van der Waals surface area contributed by atoms with Crippen molar-refractivity contribution in [3.05, 3.63) is 39.6 Å². The highest BCUT2D eigenvalue weighted by molar-refractivity contribution is 9.10. The maximum Gasteiger partial charge on any atom is 0.272 e. The number of benzene rings is 1. The van der Waals surface area contributed by atoms with Crippen LogP contribution in [0, 0.1) is 0 Å². The second-order valence-corrected chi connectivity index (χ2v) is 5.62. The van der Waals surface area contributed by atoms with E-state index in [0.29, 0.717) is 27.9 Å². The number of hydrogen-bond acceptors (Lipinski definition) is 3. The van der Waals surface area contributed by atoms with Crippen LogP contribution in [0.3, 0.4) is 0 Å². The average molecular weight is 358 g/mol. The van der Waals surface area contributed by atoms with Crippen molar-refractivity contribution >= 4 is 39.1 Å². The van der Waals surface area contributed by atoms with Gasteiger partial charge in [-0.05, 0) is 22.0 Å². The van der Waals surface area contributed by atoms with Crippen LogP contribution in [0.5, 0.6) is 11.5 Å². The molecule has 0 unspecified atom stereocenters. The van der Waals surface area contributed by atoms with Crippen LogP contribution < -0.4 is 14.8 Å². The van der Waals surface area contributed by atoms with E-state index in [1.165, 1.54) is 0 Å². The van der Waals surface area contributed by atoms with Gasteiger partial charge in [0, 0.05) is 29.8 Å². The first-order chi connectivity index (χ1) is 9.54. The number of anilines is 1. The molecular weight excluding hydrogens is 348 g/mol. The SMILES string of the molecule is Cn1cc(Br)cc1C(=O)Nc1cc2c(cc1Cl)OCO2. The number of fused-ring (bicyclic) bond motifs is 1. The minimum Gasteiger partial charge on any atom is -0.454 e. The fourth-order valence-electron chi connectivity index (χ4n) is 1.95. The Morgan fingerprint density at radius 3 is 2.70 bits per heavy atom. The number of nitrogens with one attached hydrogen (secondary N) is 1. The van der Waals surface area contributed by atoms with Crippen LogP contribution in [0.2, 0.25) is 5.02 Å². The van der Waals surface area contributed by atoms with Gasteiger partial charge in [-0.2, -0.15) is 0 Å². The summed E-state index contributed by atoms with van der Waals surface area (Å²) in [5.41, 5.74) is 1.00. The minimum absolute atomic E-state index is 0.161. The quantitative estimate of drug-likeness (QED) is 0.896. The summed E-state index contributed by atoms with van der Waals surface area (Å²) in [6.45, 7) is 0.161. The molecule has 0 spiro atoms.